The molecule has 0 radical (unpaired) electrons. The molecule has 2 unspecified atom stereocenters. The monoisotopic (exact) mass is 569 g/mol. The summed E-state index contributed by atoms with van der Waals surface area (Å²) < 4.78 is 0. The second-order valence-corrected chi connectivity index (χ2v) is 13.2. The Hall–Kier alpha value is -4.76. The minimum absolute atomic E-state index is 0.0102. The van der Waals surface area contributed by atoms with Crippen LogP contribution in [0.3, 0.4) is 0 Å². The molecule has 4 aromatic rings. The van der Waals surface area contributed by atoms with Gasteiger partial charge < -0.3 is 4.90 Å². The van der Waals surface area contributed by atoms with Crippen LogP contribution < -0.4 is 4.90 Å². The quantitative estimate of drug-likeness (QED) is 0.246. The van der Waals surface area contributed by atoms with E-state index in [2.05, 4.69) is 134 Å². The summed E-state index contributed by atoms with van der Waals surface area (Å²) in [6.45, 7) is 4.81. The normalized spacial score (nSPS) is 22.2. The SMILES string of the molecule is CC1(C)C2=C(C=CCC2)c2c1ccc1c2N(c2nc(-c3ccc(C4=CC=CCC4)cc3)c3ccccc3n2)C2C=CC=CC12. The highest BCUT2D eigenvalue weighted by atomic mass is 15.3. The summed E-state index contributed by atoms with van der Waals surface area (Å²) in [5.41, 5.74) is 14.2. The Kier molecular flexibility index (Phi) is 5.62. The van der Waals surface area contributed by atoms with Crippen molar-refractivity contribution in [2.45, 2.75) is 56.9 Å². The minimum atomic E-state index is 0.0102. The molecule has 2 atom stereocenters. The molecule has 9 rings (SSSR count). The van der Waals surface area contributed by atoms with Crippen molar-refractivity contribution in [1.29, 1.82) is 0 Å². The van der Waals surface area contributed by atoms with Crippen molar-refractivity contribution < 1.29 is 0 Å². The molecule has 5 aliphatic rings. The molecule has 3 aromatic carbocycles. The zero-order valence-corrected chi connectivity index (χ0v) is 25.3. The Morgan fingerprint density at radius 1 is 0.795 bits per heavy atom. The molecule has 0 N–H and O–H groups in total. The number of benzene rings is 3. The van der Waals surface area contributed by atoms with Gasteiger partial charge in [0.1, 0.15) is 0 Å². The summed E-state index contributed by atoms with van der Waals surface area (Å²) in [4.78, 5) is 13.2. The van der Waals surface area contributed by atoms with Crippen LogP contribution in [-0.4, -0.2) is 16.0 Å². The predicted octanol–water partition coefficient (Wildman–Crippen LogP) is 10.2. The average molecular weight is 570 g/mol. The van der Waals surface area contributed by atoms with E-state index in [1.807, 2.05) is 0 Å². The number of nitrogens with zero attached hydrogens (tertiary/aromatic N) is 3. The van der Waals surface area contributed by atoms with Crippen molar-refractivity contribution in [2.24, 2.45) is 0 Å². The van der Waals surface area contributed by atoms with Crippen molar-refractivity contribution in [3.05, 3.63) is 143 Å². The lowest BCUT2D eigenvalue weighted by Crippen LogP contribution is -2.30. The first-order valence-corrected chi connectivity index (χ1v) is 16.0. The lowest BCUT2D eigenvalue weighted by atomic mass is 9.78. The van der Waals surface area contributed by atoms with Crippen molar-refractivity contribution in [3.63, 3.8) is 0 Å². The molecule has 0 bridgehead atoms. The van der Waals surface area contributed by atoms with E-state index in [1.54, 1.807) is 5.57 Å². The van der Waals surface area contributed by atoms with Crippen LogP contribution in [0.15, 0.2) is 121 Å². The standard InChI is InChI=1S/C41H35N3/c1-41(2)33-17-9-6-15-31(33)37-34(41)25-24-30-29-14-8-11-19-36(29)44(39(30)37)40-42-35-18-10-7-16-32(35)38(43-40)28-22-20-27(21-23-28)26-12-4-3-5-13-26/h3-4,6-8,10-12,14-16,18-25,29,36H,5,9,13,17H2,1-2H3. The zero-order chi connectivity index (χ0) is 29.4. The third-order valence-electron chi connectivity index (χ3n) is 10.4. The lowest BCUT2D eigenvalue weighted by Gasteiger charge is -2.29. The first-order chi connectivity index (χ1) is 21.6. The van der Waals surface area contributed by atoms with Crippen LogP contribution in [0.2, 0.25) is 0 Å². The summed E-state index contributed by atoms with van der Waals surface area (Å²) in [7, 11) is 0. The van der Waals surface area contributed by atoms with Crippen LogP contribution in [0, 0.1) is 0 Å². The number of para-hydroxylation sites is 1. The number of anilines is 2. The molecule has 1 aromatic heterocycles. The number of hydrogen-bond acceptors (Lipinski definition) is 3. The fraction of sp³-hybridized carbons (Fsp3) is 0.220. The van der Waals surface area contributed by atoms with Crippen LogP contribution in [-0.2, 0) is 5.41 Å². The Labute approximate surface area is 259 Å². The van der Waals surface area contributed by atoms with Crippen LogP contribution in [0.25, 0.3) is 33.3 Å². The summed E-state index contributed by atoms with van der Waals surface area (Å²) >= 11 is 0. The second kappa shape index (κ2) is 9.62. The van der Waals surface area contributed by atoms with Gasteiger partial charge in [-0.1, -0.05) is 129 Å². The van der Waals surface area contributed by atoms with Gasteiger partial charge in [0, 0.05) is 27.8 Å². The van der Waals surface area contributed by atoms with Crippen molar-refractivity contribution >= 4 is 33.7 Å². The van der Waals surface area contributed by atoms with E-state index in [-0.39, 0.29) is 17.4 Å². The molecule has 0 amide bonds. The zero-order valence-electron chi connectivity index (χ0n) is 25.3. The van der Waals surface area contributed by atoms with Gasteiger partial charge in [-0.25, -0.2) is 9.97 Å². The van der Waals surface area contributed by atoms with Gasteiger partial charge in [-0.05, 0) is 59.6 Å². The fourth-order valence-corrected chi connectivity index (χ4v) is 8.23. The minimum Gasteiger partial charge on any atom is -0.302 e. The molecular weight excluding hydrogens is 534 g/mol. The van der Waals surface area contributed by atoms with E-state index in [4.69, 9.17) is 9.97 Å². The van der Waals surface area contributed by atoms with Crippen LogP contribution in [0.5, 0.6) is 0 Å². The van der Waals surface area contributed by atoms with Gasteiger partial charge in [0.2, 0.25) is 5.95 Å². The highest BCUT2D eigenvalue weighted by molar-refractivity contribution is 5.98. The predicted molar refractivity (Wildman–Crippen MR) is 183 cm³/mol. The lowest BCUT2D eigenvalue weighted by molar-refractivity contribution is 0.607. The van der Waals surface area contributed by atoms with Gasteiger partial charge in [-0.3, -0.25) is 0 Å². The first-order valence-electron chi connectivity index (χ1n) is 16.0. The van der Waals surface area contributed by atoms with E-state index in [0.717, 1.165) is 53.8 Å². The number of rotatable bonds is 3. The van der Waals surface area contributed by atoms with Crippen molar-refractivity contribution in [2.75, 3.05) is 4.90 Å². The number of aromatic nitrogens is 2. The Morgan fingerprint density at radius 2 is 1.61 bits per heavy atom. The van der Waals surface area contributed by atoms with Crippen LogP contribution in [0.1, 0.15) is 67.7 Å². The molecule has 0 saturated carbocycles. The van der Waals surface area contributed by atoms with Crippen LogP contribution >= 0.6 is 0 Å². The Bertz CT molecular complexity index is 2050. The molecule has 44 heavy (non-hydrogen) atoms. The topological polar surface area (TPSA) is 29.0 Å². The smallest absolute Gasteiger partial charge is 0.231 e. The molecule has 4 aliphatic carbocycles. The summed E-state index contributed by atoms with van der Waals surface area (Å²) in [6, 6.07) is 22.4. The van der Waals surface area contributed by atoms with Crippen molar-refractivity contribution in [3.8, 4) is 11.3 Å². The molecular formula is C41H35N3. The summed E-state index contributed by atoms with van der Waals surface area (Å²) in [5.74, 6) is 1.04. The molecule has 0 spiro atoms. The van der Waals surface area contributed by atoms with Gasteiger partial charge in [-0.2, -0.15) is 0 Å². The maximum atomic E-state index is 5.45. The highest BCUT2D eigenvalue weighted by Gasteiger charge is 2.46. The maximum absolute atomic E-state index is 5.45. The average Bonchev–Trinajstić information content (AvgIpc) is 3.54. The largest absolute Gasteiger partial charge is 0.302 e. The molecule has 1 aliphatic heterocycles. The number of allylic oxidation sites excluding steroid dienone is 10. The second-order valence-electron chi connectivity index (χ2n) is 13.2. The molecule has 214 valence electrons. The van der Waals surface area contributed by atoms with E-state index >= 15 is 0 Å². The Balaban J connectivity index is 1.25. The molecule has 0 saturated heterocycles. The third-order valence-corrected chi connectivity index (χ3v) is 10.4. The van der Waals surface area contributed by atoms with E-state index in [1.165, 1.54) is 39.1 Å². The van der Waals surface area contributed by atoms with Crippen molar-refractivity contribution in [1.82, 2.24) is 9.97 Å². The van der Waals surface area contributed by atoms with Gasteiger partial charge in [0.15, 0.2) is 0 Å². The van der Waals surface area contributed by atoms with Gasteiger partial charge in [0.05, 0.1) is 22.9 Å². The van der Waals surface area contributed by atoms with E-state index < -0.39 is 0 Å². The molecule has 0 fully saturated rings. The van der Waals surface area contributed by atoms with Gasteiger partial charge in [0.25, 0.3) is 0 Å². The van der Waals surface area contributed by atoms with Gasteiger partial charge >= 0.3 is 0 Å². The summed E-state index contributed by atoms with van der Waals surface area (Å²) in [5, 5.41) is 1.08. The number of hydrogen-bond donors (Lipinski definition) is 0. The van der Waals surface area contributed by atoms with Gasteiger partial charge in [-0.15, -0.1) is 0 Å². The molecule has 3 heteroatoms. The Morgan fingerprint density at radius 3 is 2.48 bits per heavy atom. The van der Waals surface area contributed by atoms with E-state index in [9.17, 15) is 0 Å². The number of fused-ring (bicyclic) bond motifs is 7. The first kappa shape index (κ1) is 25.7. The van der Waals surface area contributed by atoms with E-state index in [0.29, 0.717) is 0 Å². The molecule has 3 nitrogen and oxygen atoms in total. The molecule has 2 heterocycles. The highest BCUT2D eigenvalue weighted by Crippen LogP contribution is 2.58. The fourth-order valence-electron chi connectivity index (χ4n) is 8.23. The maximum Gasteiger partial charge on any atom is 0.231 e. The third kappa shape index (κ3) is 3.68. The summed E-state index contributed by atoms with van der Waals surface area (Å²) in [6.07, 6.45) is 24.9. The van der Waals surface area contributed by atoms with Crippen LogP contribution in [0.4, 0.5) is 11.6 Å².